The van der Waals surface area contributed by atoms with Crippen LogP contribution in [0.4, 0.5) is 5.69 Å². The van der Waals surface area contributed by atoms with Gasteiger partial charge in [0.15, 0.2) is 12.4 Å². The van der Waals surface area contributed by atoms with Gasteiger partial charge >= 0.3 is 5.97 Å². The summed E-state index contributed by atoms with van der Waals surface area (Å²) in [6.07, 6.45) is -0.00580. The Morgan fingerprint density at radius 3 is 2.56 bits per heavy atom. The van der Waals surface area contributed by atoms with Crippen molar-refractivity contribution >= 4 is 62.5 Å². The van der Waals surface area contributed by atoms with Gasteiger partial charge in [-0.2, -0.15) is 0 Å². The molecule has 140 valence electrons. The van der Waals surface area contributed by atoms with E-state index >= 15 is 0 Å². The number of halogens is 3. The fourth-order valence-corrected chi connectivity index (χ4v) is 3.43. The third-order valence-corrected chi connectivity index (χ3v) is 5.53. The Kier molecular flexibility index (Phi) is 6.19. The number of anilines is 1. The van der Waals surface area contributed by atoms with Crippen molar-refractivity contribution in [2.75, 3.05) is 18.1 Å². The molecule has 1 fully saturated rings. The lowest BCUT2D eigenvalue weighted by atomic mass is 10.1. The van der Waals surface area contributed by atoms with Gasteiger partial charge in [-0.25, -0.2) is 0 Å². The van der Waals surface area contributed by atoms with Crippen LogP contribution in [0.3, 0.4) is 0 Å². The van der Waals surface area contributed by atoms with Crippen molar-refractivity contribution in [2.24, 2.45) is 5.92 Å². The molecule has 0 bridgehead atoms. The van der Waals surface area contributed by atoms with E-state index in [1.54, 1.807) is 42.5 Å². The van der Waals surface area contributed by atoms with Crippen LogP contribution in [0, 0.1) is 5.92 Å². The molecule has 3 rings (SSSR count). The summed E-state index contributed by atoms with van der Waals surface area (Å²) in [6.45, 7) is -0.243. The number of ketones is 1. The Hall–Kier alpha value is -1.89. The van der Waals surface area contributed by atoms with Gasteiger partial charge in [0.25, 0.3) is 0 Å². The highest BCUT2D eigenvalue weighted by Gasteiger charge is 2.37. The molecule has 0 aromatic heterocycles. The van der Waals surface area contributed by atoms with Crippen LogP contribution in [0.15, 0.2) is 46.9 Å². The molecule has 0 saturated carbocycles. The lowest BCUT2D eigenvalue weighted by Gasteiger charge is -2.18. The van der Waals surface area contributed by atoms with Gasteiger partial charge in [-0.3, -0.25) is 14.4 Å². The minimum Gasteiger partial charge on any atom is -0.457 e. The monoisotopic (exact) mass is 469 g/mol. The van der Waals surface area contributed by atoms with Crippen molar-refractivity contribution < 1.29 is 19.1 Å². The number of esters is 1. The molecule has 2 aromatic rings. The zero-order valence-electron chi connectivity index (χ0n) is 14.0. The van der Waals surface area contributed by atoms with Gasteiger partial charge in [0, 0.05) is 23.0 Å². The lowest BCUT2D eigenvalue weighted by Crippen LogP contribution is -2.27. The molecule has 2 aromatic carbocycles. The topological polar surface area (TPSA) is 63.7 Å². The van der Waals surface area contributed by atoms with E-state index in [1.807, 2.05) is 0 Å². The molecule has 0 radical (unpaired) electrons. The van der Waals surface area contributed by atoms with Crippen LogP contribution in [0.1, 0.15) is 16.8 Å². The number of Topliss-reactive ketones (excluding diaryl/α,β-unsaturated/α-hetero) is 1. The summed E-state index contributed by atoms with van der Waals surface area (Å²) in [6, 6.07) is 11.7. The van der Waals surface area contributed by atoms with E-state index < -0.39 is 11.9 Å². The number of carbonyl (C=O) groups is 3. The Balaban J connectivity index is 1.61. The second-order valence-corrected chi connectivity index (χ2v) is 7.72. The number of amides is 1. The highest BCUT2D eigenvalue weighted by Crippen LogP contribution is 2.35. The first kappa shape index (κ1) is 19.9. The zero-order chi connectivity index (χ0) is 19.6. The van der Waals surface area contributed by atoms with Crippen LogP contribution < -0.4 is 4.90 Å². The molecule has 0 spiro atoms. The second kappa shape index (κ2) is 8.42. The first-order valence-electron chi connectivity index (χ1n) is 8.06. The van der Waals surface area contributed by atoms with Crippen molar-refractivity contribution in [3.8, 4) is 0 Å². The van der Waals surface area contributed by atoms with E-state index in [0.29, 0.717) is 16.3 Å². The van der Waals surface area contributed by atoms with Crippen LogP contribution >= 0.6 is 39.1 Å². The molecule has 1 heterocycles. The van der Waals surface area contributed by atoms with Gasteiger partial charge in [0.2, 0.25) is 5.91 Å². The fraction of sp³-hybridized carbons (Fsp3) is 0.211. The first-order chi connectivity index (χ1) is 12.9. The largest absolute Gasteiger partial charge is 0.457 e. The highest BCUT2D eigenvalue weighted by molar-refractivity contribution is 9.10. The Bertz CT molecular complexity index is 901. The number of carbonyl (C=O) groups excluding carboxylic acids is 3. The summed E-state index contributed by atoms with van der Waals surface area (Å²) < 4.78 is 5.97. The Morgan fingerprint density at radius 1 is 1.15 bits per heavy atom. The predicted molar refractivity (Wildman–Crippen MR) is 106 cm³/mol. The van der Waals surface area contributed by atoms with Crippen molar-refractivity contribution in [1.29, 1.82) is 0 Å². The van der Waals surface area contributed by atoms with Crippen molar-refractivity contribution in [3.63, 3.8) is 0 Å². The molecule has 1 aliphatic rings. The van der Waals surface area contributed by atoms with Crippen LogP contribution in [0.2, 0.25) is 10.0 Å². The third-order valence-electron chi connectivity index (χ3n) is 4.19. The average molecular weight is 471 g/mol. The normalized spacial score (nSPS) is 16.5. The van der Waals surface area contributed by atoms with E-state index in [1.165, 1.54) is 4.90 Å². The van der Waals surface area contributed by atoms with E-state index in [0.717, 1.165) is 4.47 Å². The number of benzene rings is 2. The van der Waals surface area contributed by atoms with Crippen molar-refractivity contribution in [3.05, 3.63) is 62.5 Å². The molecule has 0 aliphatic carbocycles. The Morgan fingerprint density at radius 2 is 1.85 bits per heavy atom. The SMILES string of the molecule is O=C(COC(=O)[C@@H]1CC(=O)N(c2cccc(Cl)c2Cl)C1)c1ccc(Br)cc1. The lowest BCUT2D eigenvalue weighted by molar-refractivity contribution is -0.147. The van der Waals surface area contributed by atoms with Gasteiger partial charge in [-0.1, -0.05) is 57.3 Å². The number of hydrogen-bond donors (Lipinski definition) is 0. The van der Waals surface area contributed by atoms with Gasteiger partial charge < -0.3 is 9.64 Å². The fourth-order valence-electron chi connectivity index (χ4n) is 2.77. The second-order valence-electron chi connectivity index (χ2n) is 6.02. The Labute approximate surface area is 174 Å². The third kappa shape index (κ3) is 4.51. The molecular formula is C19H14BrCl2NO4. The molecule has 1 saturated heterocycles. The average Bonchev–Trinajstić information content (AvgIpc) is 3.04. The van der Waals surface area contributed by atoms with E-state index in [-0.39, 0.29) is 36.3 Å². The van der Waals surface area contributed by atoms with Gasteiger partial charge in [0.1, 0.15) is 0 Å². The number of ether oxygens (including phenoxy) is 1. The molecule has 1 atom stereocenters. The maximum atomic E-state index is 12.3. The van der Waals surface area contributed by atoms with Gasteiger partial charge in [-0.05, 0) is 24.3 Å². The standard InChI is InChI=1S/C19H14BrCl2NO4/c20-13-6-4-11(5-7-13)16(24)10-27-19(26)12-8-17(25)23(9-12)15-3-1-2-14(21)18(15)22/h1-7,12H,8-10H2/t12-/m1/s1. The highest BCUT2D eigenvalue weighted by atomic mass is 79.9. The molecule has 5 nitrogen and oxygen atoms in total. The molecule has 0 N–H and O–H groups in total. The molecule has 8 heteroatoms. The summed E-state index contributed by atoms with van der Waals surface area (Å²) >= 11 is 15.4. The zero-order valence-corrected chi connectivity index (χ0v) is 17.1. The maximum absolute atomic E-state index is 12.3. The minimum atomic E-state index is -0.662. The number of rotatable bonds is 5. The van der Waals surface area contributed by atoms with Crippen LogP contribution in [-0.2, 0) is 14.3 Å². The minimum absolute atomic E-state index is 0.00580. The molecule has 0 unspecified atom stereocenters. The van der Waals surface area contributed by atoms with Gasteiger partial charge in [0.05, 0.1) is 21.7 Å². The summed E-state index contributed by atoms with van der Waals surface area (Å²) in [5, 5.41) is 0.583. The summed E-state index contributed by atoms with van der Waals surface area (Å²) in [5.74, 6) is -1.81. The predicted octanol–water partition coefficient (Wildman–Crippen LogP) is 4.53. The summed E-state index contributed by atoms with van der Waals surface area (Å²) in [7, 11) is 0. The smallest absolute Gasteiger partial charge is 0.311 e. The molecule has 1 aliphatic heterocycles. The summed E-state index contributed by atoms with van der Waals surface area (Å²) in [5.41, 5.74) is 0.899. The van der Waals surface area contributed by atoms with E-state index in [9.17, 15) is 14.4 Å². The van der Waals surface area contributed by atoms with Crippen LogP contribution in [0.25, 0.3) is 0 Å². The van der Waals surface area contributed by atoms with Gasteiger partial charge in [-0.15, -0.1) is 0 Å². The van der Waals surface area contributed by atoms with E-state index in [2.05, 4.69) is 15.9 Å². The molecule has 1 amide bonds. The van der Waals surface area contributed by atoms with E-state index in [4.69, 9.17) is 27.9 Å². The maximum Gasteiger partial charge on any atom is 0.311 e. The van der Waals surface area contributed by atoms with Crippen molar-refractivity contribution in [2.45, 2.75) is 6.42 Å². The van der Waals surface area contributed by atoms with Crippen molar-refractivity contribution in [1.82, 2.24) is 0 Å². The molecular weight excluding hydrogens is 457 g/mol. The van der Waals surface area contributed by atoms with Crippen LogP contribution in [-0.4, -0.2) is 30.8 Å². The number of nitrogens with zero attached hydrogens (tertiary/aromatic N) is 1. The summed E-state index contributed by atoms with van der Waals surface area (Å²) in [4.78, 5) is 38.1. The number of hydrogen-bond acceptors (Lipinski definition) is 4. The first-order valence-corrected chi connectivity index (χ1v) is 9.61. The quantitative estimate of drug-likeness (QED) is 0.475. The van der Waals surface area contributed by atoms with Crippen LogP contribution in [0.5, 0.6) is 0 Å². The molecule has 27 heavy (non-hydrogen) atoms.